The van der Waals surface area contributed by atoms with Gasteiger partial charge in [0.15, 0.2) is 5.82 Å². The number of carboxylic acids is 1. The fraction of sp³-hybridized carbons (Fsp3) is 0.208. The summed E-state index contributed by atoms with van der Waals surface area (Å²) in [7, 11) is 0. The lowest BCUT2D eigenvalue weighted by atomic mass is 9.97. The van der Waals surface area contributed by atoms with E-state index in [1.807, 2.05) is 85.3 Å². The Morgan fingerprint density at radius 2 is 1.76 bits per heavy atom. The number of hydrogen-bond donors (Lipinski definition) is 1. The van der Waals surface area contributed by atoms with Gasteiger partial charge in [-0.25, -0.2) is 14.5 Å². The third-order valence-electron chi connectivity index (χ3n) is 4.60. The molecule has 1 aromatic heterocycles. The SMILES string of the molecule is CC=CCc1nc(CC=CC)n(Cc2ccc(-c3ccccc3)c(C(=O)O)c2)n1. The zero-order valence-electron chi connectivity index (χ0n) is 16.7. The number of carboxylic acid groups (broad SMARTS) is 1. The molecule has 0 aliphatic heterocycles. The van der Waals surface area contributed by atoms with E-state index in [0.29, 0.717) is 24.9 Å². The van der Waals surface area contributed by atoms with Crippen LogP contribution >= 0.6 is 0 Å². The smallest absolute Gasteiger partial charge is 0.336 e. The molecule has 0 atom stereocenters. The molecule has 0 bridgehead atoms. The van der Waals surface area contributed by atoms with E-state index < -0.39 is 5.97 Å². The summed E-state index contributed by atoms with van der Waals surface area (Å²) in [6.45, 7) is 4.42. The van der Waals surface area contributed by atoms with Gasteiger partial charge in [-0.05, 0) is 36.6 Å². The molecule has 0 aliphatic rings. The Hall–Kier alpha value is -3.47. The van der Waals surface area contributed by atoms with Crippen LogP contribution in [0.5, 0.6) is 0 Å². The summed E-state index contributed by atoms with van der Waals surface area (Å²) in [6.07, 6.45) is 9.40. The van der Waals surface area contributed by atoms with Gasteiger partial charge in [0.25, 0.3) is 0 Å². The molecule has 0 fully saturated rings. The Morgan fingerprint density at radius 1 is 1.03 bits per heavy atom. The summed E-state index contributed by atoms with van der Waals surface area (Å²) < 4.78 is 1.86. The maximum Gasteiger partial charge on any atom is 0.336 e. The third kappa shape index (κ3) is 5.08. The van der Waals surface area contributed by atoms with Crippen molar-refractivity contribution in [2.75, 3.05) is 0 Å². The van der Waals surface area contributed by atoms with Crippen LogP contribution in [0.1, 0.15) is 41.4 Å². The Kier molecular flexibility index (Phi) is 6.74. The standard InChI is InChI=1S/C24H25N3O2/c1-3-5-12-22-25-23(13-6-4-2)27(26-22)17-18-14-15-20(21(16-18)24(28)29)19-10-8-7-9-11-19/h3-11,14-16H,12-13,17H2,1-2H3,(H,28,29). The fourth-order valence-corrected chi connectivity index (χ4v) is 3.15. The van der Waals surface area contributed by atoms with Gasteiger partial charge in [-0.1, -0.05) is 66.8 Å². The van der Waals surface area contributed by atoms with Crippen LogP contribution in [-0.4, -0.2) is 25.8 Å². The van der Waals surface area contributed by atoms with Gasteiger partial charge in [-0.3, -0.25) is 0 Å². The topological polar surface area (TPSA) is 68.0 Å². The molecular formula is C24H25N3O2. The molecule has 0 amide bonds. The molecule has 0 spiro atoms. The number of allylic oxidation sites excluding steroid dienone is 4. The number of aromatic nitrogens is 3. The van der Waals surface area contributed by atoms with E-state index in [1.165, 1.54) is 0 Å². The van der Waals surface area contributed by atoms with E-state index in [9.17, 15) is 9.90 Å². The average molecular weight is 387 g/mol. The third-order valence-corrected chi connectivity index (χ3v) is 4.60. The molecule has 3 rings (SSSR count). The predicted octanol–water partition coefficient (Wildman–Crippen LogP) is 4.93. The van der Waals surface area contributed by atoms with Crippen LogP contribution in [0.3, 0.4) is 0 Å². The van der Waals surface area contributed by atoms with E-state index in [1.54, 1.807) is 6.07 Å². The summed E-state index contributed by atoms with van der Waals surface area (Å²) in [5.74, 6) is 0.695. The Labute approximate surface area is 171 Å². The minimum atomic E-state index is -0.938. The number of nitrogens with zero attached hydrogens (tertiary/aromatic N) is 3. The van der Waals surface area contributed by atoms with Crippen molar-refractivity contribution in [3.63, 3.8) is 0 Å². The first-order valence-corrected chi connectivity index (χ1v) is 9.69. The zero-order valence-corrected chi connectivity index (χ0v) is 16.7. The lowest BCUT2D eigenvalue weighted by Crippen LogP contribution is -2.08. The largest absolute Gasteiger partial charge is 0.478 e. The number of carbonyl (C=O) groups is 1. The van der Waals surface area contributed by atoms with Crippen LogP contribution in [0, 0.1) is 0 Å². The average Bonchev–Trinajstić information content (AvgIpc) is 3.12. The summed E-state index contributed by atoms with van der Waals surface area (Å²) >= 11 is 0. The van der Waals surface area contributed by atoms with Gasteiger partial charge in [0.05, 0.1) is 12.1 Å². The lowest BCUT2D eigenvalue weighted by molar-refractivity contribution is 0.0697. The fourth-order valence-electron chi connectivity index (χ4n) is 3.15. The molecule has 5 nitrogen and oxygen atoms in total. The van der Waals surface area contributed by atoms with E-state index in [2.05, 4.69) is 10.1 Å². The highest BCUT2D eigenvalue weighted by molar-refractivity contribution is 5.96. The summed E-state index contributed by atoms with van der Waals surface area (Å²) in [6, 6.07) is 15.1. The van der Waals surface area contributed by atoms with Crippen LogP contribution in [0.15, 0.2) is 72.8 Å². The molecule has 1 heterocycles. The quantitative estimate of drug-likeness (QED) is 0.557. The van der Waals surface area contributed by atoms with Crippen molar-refractivity contribution in [3.05, 3.63) is 95.6 Å². The van der Waals surface area contributed by atoms with Crippen LogP contribution in [0.25, 0.3) is 11.1 Å². The highest BCUT2D eigenvalue weighted by Crippen LogP contribution is 2.25. The predicted molar refractivity (Wildman–Crippen MR) is 115 cm³/mol. The van der Waals surface area contributed by atoms with E-state index in [-0.39, 0.29) is 5.56 Å². The number of aromatic carboxylic acids is 1. The molecule has 0 radical (unpaired) electrons. The van der Waals surface area contributed by atoms with Gasteiger partial charge in [0.1, 0.15) is 5.82 Å². The Balaban J connectivity index is 1.94. The molecule has 3 aromatic rings. The molecular weight excluding hydrogens is 362 g/mol. The van der Waals surface area contributed by atoms with Crippen molar-refractivity contribution in [1.82, 2.24) is 14.8 Å². The number of rotatable bonds is 8. The van der Waals surface area contributed by atoms with E-state index >= 15 is 0 Å². The second-order valence-corrected chi connectivity index (χ2v) is 6.70. The molecule has 1 N–H and O–H groups in total. The maximum atomic E-state index is 11.9. The summed E-state index contributed by atoms with van der Waals surface area (Å²) in [4.78, 5) is 16.5. The van der Waals surface area contributed by atoms with Crippen LogP contribution in [-0.2, 0) is 19.4 Å². The second kappa shape index (κ2) is 9.64. The zero-order chi connectivity index (χ0) is 20.6. The van der Waals surface area contributed by atoms with Crippen LogP contribution < -0.4 is 0 Å². The van der Waals surface area contributed by atoms with Crippen molar-refractivity contribution in [2.24, 2.45) is 0 Å². The minimum Gasteiger partial charge on any atom is -0.478 e. The Morgan fingerprint density at radius 3 is 2.45 bits per heavy atom. The van der Waals surface area contributed by atoms with Gasteiger partial charge < -0.3 is 5.11 Å². The first-order valence-electron chi connectivity index (χ1n) is 9.69. The molecule has 148 valence electrons. The molecule has 0 saturated carbocycles. The highest BCUT2D eigenvalue weighted by Gasteiger charge is 2.14. The molecule has 0 unspecified atom stereocenters. The number of hydrogen-bond acceptors (Lipinski definition) is 3. The molecule has 2 aromatic carbocycles. The van der Waals surface area contributed by atoms with Crippen molar-refractivity contribution in [2.45, 2.75) is 33.2 Å². The highest BCUT2D eigenvalue weighted by atomic mass is 16.4. The van der Waals surface area contributed by atoms with Gasteiger partial charge in [-0.2, -0.15) is 5.10 Å². The molecule has 0 saturated heterocycles. The van der Waals surface area contributed by atoms with Crippen LogP contribution in [0.4, 0.5) is 0 Å². The van der Waals surface area contributed by atoms with Gasteiger partial charge in [0.2, 0.25) is 0 Å². The van der Waals surface area contributed by atoms with Crippen molar-refractivity contribution >= 4 is 5.97 Å². The lowest BCUT2D eigenvalue weighted by Gasteiger charge is -2.10. The monoisotopic (exact) mass is 387 g/mol. The van der Waals surface area contributed by atoms with Crippen molar-refractivity contribution in [1.29, 1.82) is 0 Å². The molecule has 0 aliphatic carbocycles. The van der Waals surface area contributed by atoms with Gasteiger partial charge in [0, 0.05) is 12.8 Å². The second-order valence-electron chi connectivity index (χ2n) is 6.70. The van der Waals surface area contributed by atoms with Crippen molar-refractivity contribution < 1.29 is 9.90 Å². The summed E-state index contributed by atoms with van der Waals surface area (Å²) in [5.41, 5.74) is 2.77. The maximum absolute atomic E-state index is 11.9. The summed E-state index contributed by atoms with van der Waals surface area (Å²) in [5, 5.41) is 14.4. The molecule has 29 heavy (non-hydrogen) atoms. The molecule has 5 heteroatoms. The van der Waals surface area contributed by atoms with E-state index in [0.717, 1.165) is 22.8 Å². The van der Waals surface area contributed by atoms with Gasteiger partial charge >= 0.3 is 5.97 Å². The van der Waals surface area contributed by atoms with Crippen LogP contribution in [0.2, 0.25) is 0 Å². The Bertz CT molecular complexity index is 1030. The normalized spacial score (nSPS) is 11.5. The first-order chi connectivity index (χ1) is 14.1. The van der Waals surface area contributed by atoms with Gasteiger partial charge in [-0.15, -0.1) is 0 Å². The van der Waals surface area contributed by atoms with E-state index in [4.69, 9.17) is 0 Å². The minimum absolute atomic E-state index is 0.290. The van der Waals surface area contributed by atoms with Crippen molar-refractivity contribution in [3.8, 4) is 11.1 Å². The number of benzene rings is 2. The first kappa shape index (κ1) is 20.3.